The Hall–Kier alpha value is -0.330. The third-order valence-electron chi connectivity index (χ3n) is 4.00. The van der Waals surface area contributed by atoms with Crippen LogP contribution in [0.15, 0.2) is 11.4 Å². The number of carbonyl (C=O) groups is 1. The van der Waals surface area contributed by atoms with Crippen LogP contribution in [-0.2, 0) is 16.0 Å². The van der Waals surface area contributed by atoms with E-state index in [1.54, 1.807) is 18.4 Å². The summed E-state index contributed by atoms with van der Waals surface area (Å²) < 4.78 is 5.36. The Labute approximate surface area is 147 Å². The Morgan fingerprint density at radius 3 is 2.82 bits per heavy atom. The monoisotopic (exact) mass is 366 g/mol. The van der Waals surface area contributed by atoms with Gasteiger partial charge >= 0.3 is 0 Å². The lowest BCUT2D eigenvalue weighted by Crippen LogP contribution is -2.47. The molecule has 2 rings (SSSR count). The number of ether oxygens (including phenoxy) is 1. The van der Waals surface area contributed by atoms with Crippen LogP contribution in [0.4, 0.5) is 0 Å². The minimum Gasteiger partial charge on any atom is -0.384 e. The number of nitrogens with one attached hydrogen (secondary N) is 2. The smallest absolute Gasteiger partial charge is 0.220 e. The van der Waals surface area contributed by atoms with Crippen molar-refractivity contribution in [3.8, 4) is 0 Å². The summed E-state index contributed by atoms with van der Waals surface area (Å²) in [6, 6.07) is 1.93. The van der Waals surface area contributed by atoms with E-state index in [-0.39, 0.29) is 23.7 Å². The van der Waals surface area contributed by atoms with Crippen LogP contribution in [0.5, 0.6) is 0 Å². The molecular formula is C15H24Cl2N2O2S. The summed E-state index contributed by atoms with van der Waals surface area (Å²) >= 11 is 7.49. The van der Waals surface area contributed by atoms with Gasteiger partial charge in [0.2, 0.25) is 5.91 Å². The molecule has 1 aliphatic heterocycles. The van der Waals surface area contributed by atoms with Crippen LogP contribution in [0.1, 0.15) is 24.1 Å². The first-order chi connectivity index (χ1) is 10.1. The van der Waals surface area contributed by atoms with Crippen molar-refractivity contribution in [1.29, 1.82) is 0 Å². The molecule has 2 heterocycles. The zero-order chi connectivity index (χ0) is 15.1. The minimum atomic E-state index is 0. The Bertz CT molecular complexity index is 457. The van der Waals surface area contributed by atoms with Gasteiger partial charge < -0.3 is 15.4 Å². The summed E-state index contributed by atoms with van der Waals surface area (Å²) in [5, 5.41) is 9.09. The van der Waals surface area contributed by atoms with Gasteiger partial charge in [0.1, 0.15) is 0 Å². The molecule has 0 aromatic carbocycles. The zero-order valence-electron chi connectivity index (χ0n) is 12.8. The molecule has 22 heavy (non-hydrogen) atoms. The van der Waals surface area contributed by atoms with E-state index in [9.17, 15) is 4.79 Å². The molecule has 126 valence electrons. The van der Waals surface area contributed by atoms with Crippen molar-refractivity contribution in [2.45, 2.75) is 25.7 Å². The molecule has 1 aromatic rings. The molecule has 0 aliphatic carbocycles. The van der Waals surface area contributed by atoms with Crippen molar-refractivity contribution in [3.05, 3.63) is 21.3 Å². The standard InChI is InChI=1S/C15H23ClN2O2S.ClH/c1-20-11-15(4-6-17-7-5-15)10-18-14(19)3-2-13-8-12(16)9-21-13;/h8-9,17H,2-7,10-11H2,1H3,(H,18,19);1H. The van der Waals surface area contributed by atoms with Crippen molar-refractivity contribution in [2.75, 3.05) is 33.4 Å². The highest BCUT2D eigenvalue weighted by molar-refractivity contribution is 7.10. The zero-order valence-corrected chi connectivity index (χ0v) is 15.2. The highest BCUT2D eigenvalue weighted by Gasteiger charge is 2.32. The van der Waals surface area contributed by atoms with Crippen LogP contribution in [0.2, 0.25) is 5.02 Å². The topological polar surface area (TPSA) is 50.4 Å². The molecule has 1 amide bonds. The van der Waals surface area contributed by atoms with Crippen LogP contribution in [0, 0.1) is 5.41 Å². The Morgan fingerprint density at radius 2 is 2.23 bits per heavy atom. The van der Waals surface area contributed by atoms with Crippen LogP contribution in [0.25, 0.3) is 0 Å². The van der Waals surface area contributed by atoms with Crippen LogP contribution < -0.4 is 10.6 Å². The maximum Gasteiger partial charge on any atom is 0.220 e. The van der Waals surface area contributed by atoms with E-state index in [2.05, 4.69) is 10.6 Å². The summed E-state index contributed by atoms with van der Waals surface area (Å²) in [7, 11) is 1.73. The number of hydrogen-bond donors (Lipinski definition) is 2. The molecule has 0 unspecified atom stereocenters. The average molecular weight is 367 g/mol. The van der Waals surface area contributed by atoms with Crippen molar-refractivity contribution in [2.24, 2.45) is 5.41 Å². The molecule has 0 radical (unpaired) electrons. The molecule has 0 saturated carbocycles. The van der Waals surface area contributed by atoms with Gasteiger partial charge in [-0.1, -0.05) is 11.6 Å². The van der Waals surface area contributed by atoms with Gasteiger partial charge in [0.25, 0.3) is 0 Å². The SMILES string of the molecule is COCC1(CNC(=O)CCc2cc(Cl)cs2)CCNCC1.Cl. The summed E-state index contributed by atoms with van der Waals surface area (Å²) in [5.74, 6) is 0.105. The van der Waals surface area contributed by atoms with Gasteiger partial charge in [0.15, 0.2) is 0 Å². The number of methoxy groups -OCH3 is 1. The number of amides is 1. The molecule has 0 bridgehead atoms. The lowest BCUT2D eigenvalue weighted by Gasteiger charge is -2.37. The first kappa shape index (κ1) is 19.7. The summed E-state index contributed by atoms with van der Waals surface area (Å²) in [6.07, 6.45) is 3.35. The molecule has 1 fully saturated rings. The lowest BCUT2D eigenvalue weighted by molar-refractivity contribution is -0.121. The van der Waals surface area contributed by atoms with Gasteiger partial charge in [-0.05, 0) is 38.4 Å². The van der Waals surface area contributed by atoms with Crippen LogP contribution >= 0.6 is 35.3 Å². The first-order valence-corrected chi connectivity index (χ1v) is 8.59. The fraction of sp³-hybridized carbons (Fsp3) is 0.667. The second-order valence-corrected chi connectivity index (χ2v) is 7.12. The van der Waals surface area contributed by atoms with Gasteiger partial charge in [-0.15, -0.1) is 23.7 Å². The van der Waals surface area contributed by atoms with Gasteiger partial charge in [0, 0.05) is 35.7 Å². The quantitative estimate of drug-likeness (QED) is 0.779. The first-order valence-electron chi connectivity index (χ1n) is 7.33. The molecule has 2 N–H and O–H groups in total. The van der Waals surface area contributed by atoms with Gasteiger partial charge in [0.05, 0.1) is 11.6 Å². The van der Waals surface area contributed by atoms with E-state index < -0.39 is 0 Å². The number of carbonyl (C=O) groups excluding carboxylic acids is 1. The van der Waals surface area contributed by atoms with E-state index >= 15 is 0 Å². The van der Waals surface area contributed by atoms with E-state index in [1.807, 2.05) is 11.4 Å². The van der Waals surface area contributed by atoms with E-state index in [0.717, 1.165) is 42.3 Å². The second kappa shape index (κ2) is 9.73. The normalized spacial score (nSPS) is 16.8. The number of halogens is 2. The number of hydrogen-bond acceptors (Lipinski definition) is 4. The van der Waals surface area contributed by atoms with Crippen molar-refractivity contribution in [1.82, 2.24) is 10.6 Å². The molecule has 7 heteroatoms. The van der Waals surface area contributed by atoms with Crippen molar-refractivity contribution in [3.63, 3.8) is 0 Å². The fourth-order valence-corrected chi connectivity index (χ4v) is 3.81. The number of piperidine rings is 1. The molecule has 1 saturated heterocycles. The second-order valence-electron chi connectivity index (χ2n) is 5.69. The fourth-order valence-electron chi connectivity index (χ4n) is 2.73. The Balaban J connectivity index is 0.00000242. The minimum absolute atomic E-state index is 0. The molecule has 1 aromatic heterocycles. The third kappa shape index (κ3) is 6.05. The number of thiophene rings is 1. The maximum atomic E-state index is 12.0. The maximum absolute atomic E-state index is 12.0. The summed E-state index contributed by atoms with van der Waals surface area (Å²) in [4.78, 5) is 13.2. The lowest BCUT2D eigenvalue weighted by atomic mass is 9.79. The Morgan fingerprint density at radius 1 is 1.50 bits per heavy atom. The van der Waals surface area contributed by atoms with Crippen LogP contribution in [0.3, 0.4) is 0 Å². The number of aryl methyl sites for hydroxylation is 1. The molecule has 0 atom stereocenters. The molecule has 4 nitrogen and oxygen atoms in total. The Kier molecular flexibility index (Phi) is 8.72. The van der Waals surface area contributed by atoms with Gasteiger partial charge in [-0.3, -0.25) is 4.79 Å². The van der Waals surface area contributed by atoms with E-state index in [0.29, 0.717) is 19.6 Å². The summed E-state index contributed by atoms with van der Waals surface area (Å²) in [6.45, 7) is 3.39. The summed E-state index contributed by atoms with van der Waals surface area (Å²) in [5.41, 5.74) is 0.0852. The van der Waals surface area contributed by atoms with Crippen molar-refractivity contribution < 1.29 is 9.53 Å². The van der Waals surface area contributed by atoms with E-state index in [1.165, 1.54) is 0 Å². The highest BCUT2D eigenvalue weighted by atomic mass is 35.5. The molecule has 0 spiro atoms. The van der Waals surface area contributed by atoms with Gasteiger partial charge in [-0.25, -0.2) is 0 Å². The highest BCUT2D eigenvalue weighted by Crippen LogP contribution is 2.28. The predicted molar refractivity (Wildman–Crippen MR) is 94.3 cm³/mol. The molecule has 1 aliphatic rings. The number of rotatable bonds is 7. The third-order valence-corrected chi connectivity index (χ3v) is 5.34. The average Bonchev–Trinajstić information content (AvgIpc) is 2.90. The largest absolute Gasteiger partial charge is 0.384 e. The van der Waals surface area contributed by atoms with E-state index in [4.69, 9.17) is 16.3 Å². The molecular weight excluding hydrogens is 343 g/mol. The predicted octanol–water partition coefficient (Wildman–Crippen LogP) is 2.89. The van der Waals surface area contributed by atoms with Crippen molar-refractivity contribution >= 4 is 41.3 Å². The van der Waals surface area contributed by atoms with Gasteiger partial charge in [-0.2, -0.15) is 0 Å². The van der Waals surface area contributed by atoms with Crippen LogP contribution in [-0.4, -0.2) is 39.3 Å².